The maximum Gasteiger partial charge on any atom is 0.320 e. The van der Waals surface area contributed by atoms with Gasteiger partial charge in [0.15, 0.2) is 34.6 Å². The molecular formula is C31H23N19O13S4. The molecule has 9 N–H and O–H groups in total. The van der Waals surface area contributed by atoms with Crippen LogP contribution in [-0.4, -0.2) is 95.6 Å². The average molecular weight is 998 g/mol. The summed E-state index contributed by atoms with van der Waals surface area (Å²) < 4.78 is 80.3. The van der Waals surface area contributed by atoms with E-state index < -0.39 is 47.9 Å². The van der Waals surface area contributed by atoms with Gasteiger partial charge in [-0.25, -0.2) is 19.9 Å². The Morgan fingerprint density at radius 1 is 0.642 bits per heavy atom. The van der Waals surface area contributed by atoms with Gasteiger partial charge in [-0.2, -0.15) is 72.1 Å². The van der Waals surface area contributed by atoms with Crippen LogP contribution in [0, 0.1) is 36.5 Å². The predicted molar refractivity (Wildman–Crippen MR) is 220 cm³/mol. The van der Waals surface area contributed by atoms with Crippen molar-refractivity contribution in [3.8, 4) is 41.4 Å². The van der Waals surface area contributed by atoms with Crippen LogP contribution in [0.2, 0.25) is 0 Å². The number of hydrogen-bond donors (Lipinski definition) is 7. The van der Waals surface area contributed by atoms with Crippen molar-refractivity contribution in [2.24, 2.45) is 20.5 Å². The number of anilines is 2. The van der Waals surface area contributed by atoms with Gasteiger partial charge in [-0.1, -0.05) is 10.1 Å². The molecular weight excluding hydrogens is 975 g/mol. The third kappa shape index (κ3) is 9.89. The van der Waals surface area contributed by atoms with Crippen molar-refractivity contribution in [2.75, 3.05) is 11.5 Å². The van der Waals surface area contributed by atoms with Crippen molar-refractivity contribution >= 4 is 79.0 Å². The standard InChI is InChI=1S/C31H23N19O13S4/c1-13-23(41-43-27-15(9-32)11-36-47(27)17-3-19(64-62-60-52)7-21(5-17)66(54,55)56)25(34)49(45-13)29-38-30(40-31(51)39-29)50-26(35)24(14(2)46-50)42-44-28-16(10-33)12-37-48(28)18-4-20(65-63-61-53)8-22(6-18)67(57,58)59/h3-8,11-12,52-53H,34-35H2,1-2H3,(H,54,55,56)(H,57,58,59)(H,38,39,40,51). The number of nitriles is 2. The van der Waals surface area contributed by atoms with Gasteiger partial charge in [0.1, 0.15) is 23.3 Å². The summed E-state index contributed by atoms with van der Waals surface area (Å²) in [6.45, 7) is 2.93. The quantitative estimate of drug-likeness (QED) is 0.0236. The highest BCUT2D eigenvalue weighted by molar-refractivity contribution is 7.95. The molecule has 0 spiro atoms. The molecule has 7 rings (SSSR count). The predicted octanol–water partition coefficient (Wildman–Crippen LogP) is 4.03. The number of aryl methyl sites for hydroxylation is 2. The van der Waals surface area contributed by atoms with Crippen molar-refractivity contribution in [1.82, 2.24) is 54.1 Å². The molecule has 36 heteroatoms. The summed E-state index contributed by atoms with van der Waals surface area (Å²) in [6, 6.07) is 9.44. The summed E-state index contributed by atoms with van der Waals surface area (Å²) in [5.41, 5.74) is 12.4. The highest BCUT2D eigenvalue weighted by Crippen LogP contribution is 2.36. The zero-order valence-electron chi connectivity index (χ0n) is 33.0. The zero-order chi connectivity index (χ0) is 48.4. The SMILES string of the molecule is Cc1nn(-c2nc(O)nc(-n3nc(C)c(N=Nc4c(C#N)cnn4-c4cc(SOOO)cc(S(=O)(=O)O)c4)c3N)n2)c(N)c1N=Nc1c(C#N)cnn1-c1cc(SOOO)cc(S(=O)(=O)O)c1. The normalized spacial score (nSPS) is 12.1. The molecule has 5 aromatic heterocycles. The molecule has 7 aromatic rings. The molecule has 0 fully saturated rings. The van der Waals surface area contributed by atoms with Gasteiger partial charge in [0, 0.05) is 9.79 Å². The van der Waals surface area contributed by atoms with Crippen molar-refractivity contribution in [2.45, 2.75) is 33.4 Å². The molecule has 0 radical (unpaired) electrons. The third-order valence-electron chi connectivity index (χ3n) is 8.46. The van der Waals surface area contributed by atoms with Gasteiger partial charge in [0.25, 0.3) is 32.1 Å². The molecule has 0 atom stereocenters. The van der Waals surface area contributed by atoms with E-state index in [4.69, 9.17) is 22.0 Å². The Hall–Kier alpha value is -7.85. The highest BCUT2D eigenvalue weighted by atomic mass is 32.2. The van der Waals surface area contributed by atoms with E-state index in [2.05, 4.69) is 74.5 Å². The first kappa shape index (κ1) is 47.1. The van der Waals surface area contributed by atoms with Gasteiger partial charge in [-0.3, -0.25) is 9.11 Å². The van der Waals surface area contributed by atoms with E-state index in [1.54, 1.807) is 0 Å². The number of aromatic hydroxyl groups is 1. The molecule has 2 aromatic carbocycles. The number of aromatic nitrogens is 11. The van der Waals surface area contributed by atoms with Crippen molar-refractivity contribution in [3.63, 3.8) is 0 Å². The van der Waals surface area contributed by atoms with Crippen LogP contribution in [-0.2, 0) is 39.0 Å². The van der Waals surface area contributed by atoms with E-state index >= 15 is 0 Å². The van der Waals surface area contributed by atoms with Gasteiger partial charge in [-0.05, 0) is 50.2 Å². The molecule has 0 saturated carbocycles. The Kier molecular flexibility index (Phi) is 13.3. The molecule has 0 amide bonds. The van der Waals surface area contributed by atoms with Gasteiger partial charge in [-0.15, -0.1) is 29.1 Å². The van der Waals surface area contributed by atoms with Gasteiger partial charge in [0.2, 0.25) is 0 Å². The van der Waals surface area contributed by atoms with E-state index in [-0.39, 0.29) is 78.3 Å². The molecule has 0 bridgehead atoms. The van der Waals surface area contributed by atoms with Gasteiger partial charge >= 0.3 is 6.01 Å². The van der Waals surface area contributed by atoms with Crippen molar-refractivity contribution < 1.29 is 60.3 Å². The van der Waals surface area contributed by atoms with Crippen LogP contribution >= 0.6 is 24.1 Å². The van der Waals surface area contributed by atoms with Crippen LogP contribution in [0.3, 0.4) is 0 Å². The summed E-state index contributed by atoms with van der Waals surface area (Å²) in [7, 11) is -9.60. The maximum atomic E-state index is 12.0. The number of nitrogens with zero attached hydrogens (tertiary/aromatic N) is 17. The minimum absolute atomic E-state index is 0.00901. The van der Waals surface area contributed by atoms with E-state index in [0.29, 0.717) is 24.1 Å². The van der Waals surface area contributed by atoms with Gasteiger partial charge in [0.05, 0.1) is 69.0 Å². The lowest BCUT2D eigenvalue weighted by molar-refractivity contribution is -0.432. The molecule has 32 nitrogen and oxygen atoms in total. The summed E-state index contributed by atoms with van der Waals surface area (Å²) >= 11 is 0.732. The Morgan fingerprint density at radius 2 is 1.04 bits per heavy atom. The van der Waals surface area contributed by atoms with Crippen molar-refractivity contribution in [3.05, 3.63) is 71.3 Å². The maximum absolute atomic E-state index is 12.0. The molecule has 344 valence electrons. The summed E-state index contributed by atoms with van der Waals surface area (Å²) in [6.07, 6.45) is 2.19. The first-order valence-corrected chi connectivity index (χ1v) is 21.7. The number of benzene rings is 2. The van der Waals surface area contributed by atoms with E-state index in [1.807, 2.05) is 12.1 Å². The summed E-state index contributed by atoms with van der Waals surface area (Å²) in [5, 5.41) is 87.8. The second-order valence-electron chi connectivity index (χ2n) is 12.6. The third-order valence-corrected chi connectivity index (χ3v) is 11.2. The molecule has 0 aliphatic heterocycles. The molecule has 0 saturated heterocycles. The Labute approximate surface area is 380 Å². The Morgan fingerprint density at radius 3 is 1.40 bits per heavy atom. The van der Waals surface area contributed by atoms with E-state index in [0.717, 1.165) is 55.4 Å². The van der Waals surface area contributed by atoms with Crippen LogP contribution in [0.1, 0.15) is 22.5 Å². The fourth-order valence-corrected chi connectivity index (χ4v) is 7.77. The molecule has 0 unspecified atom stereocenters. The number of azo groups is 2. The molecule has 0 aliphatic carbocycles. The second-order valence-corrected chi connectivity index (χ2v) is 17.0. The highest BCUT2D eigenvalue weighted by Gasteiger charge is 2.24. The van der Waals surface area contributed by atoms with Crippen LogP contribution in [0.25, 0.3) is 23.3 Å². The van der Waals surface area contributed by atoms with Crippen LogP contribution < -0.4 is 11.5 Å². The minimum atomic E-state index is -4.80. The fourth-order valence-electron chi connectivity index (χ4n) is 5.63. The summed E-state index contributed by atoms with van der Waals surface area (Å²) in [4.78, 5) is 10.8. The zero-order valence-corrected chi connectivity index (χ0v) is 36.3. The van der Waals surface area contributed by atoms with Gasteiger partial charge < -0.3 is 16.6 Å². The van der Waals surface area contributed by atoms with E-state index in [9.17, 15) is 41.6 Å². The number of rotatable bonds is 16. The first-order valence-electron chi connectivity index (χ1n) is 17.4. The van der Waals surface area contributed by atoms with E-state index in [1.165, 1.54) is 26.0 Å². The number of hydrogen-bond acceptors (Lipinski definition) is 28. The minimum Gasteiger partial charge on any atom is -0.479 e. The lowest BCUT2D eigenvalue weighted by Gasteiger charge is -2.08. The largest absolute Gasteiger partial charge is 0.479 e. The van der Waals surface area contributed by atoms with Crippen LogP contribution in [0.4, 0.5) is 34.6 Å². The molecule has 0 aliphatic rings. The van der Waals surface area contributed by atoms with Crippen LogP contribution in [0.5, 0.6) is 6.01 Å². The number of nitrogen functional groups attached to an aromatic ring is 2. The Balaban J connectivity index is 1.22. The lowest BCUT2D eigenvalue weighted by atomic mass is 10.3. The topological polar surface area (TPSA) is 465 Å². The molecule has 67 heavy (non-hydrogen) atoms. The van der Waals surface area contributed by atoms with Crippen molar-refractivity contribution in [1.29, 1.82) is 10.5 Å². The first-order chi connectivity index (χ1) is 31.8. The second kappa shape index (κ2) is 18.9. The lowest BCUT2D eigenvalue weighted by Crippen LogP contribution is -2.13. The summed E-state index contributed by atoms with van der Waals surface area (Å²) in [5.74, 6) is -1.81. The van der Waals surface area contributed by atoms with Crippen LogP contribution in [0.15, 0.2) is 88.8 Å². The smallest absolute Gasteiger partial charge is 0.320 e. The average Bonchev–Trinajstić information content (AvgIpc) is 4.04. The Bertz CT molecular complexity index is 3240. The fraction of sp³-hybridized carbons (Fsp3) is 0.0645. The molecule has 5 heterocycles. The monoisotopic (exact) mass is 997 g/mol. The number of nitrogens with two attached hydrogens (primary N) is 2.